The van der Waals surface area contributed by atoms with Gasteiger partial charge < -0.3 is 25.4 Å². The maximum Gasteiger partial charge on any atom is 0.333 e. The Kier molecular flexibility index (Phi) is 3.21. The van der Waals surface area contributed by atoms with Crippen LogP contribution >= 0.6 is 0 Å². The van der Waals surface area contributed by atoms with Crippen LogP contribution in [0, 0.1) is 0 Å². The summed E-state index contributed by atoms with van der Waals surface area (Å²) in [5.41, 5.74) is 5.50. The van der Waals surface area contributed by atoms with Crippen molar-refractivity contribution in [3.63, 3.8) is 0 Å². The molecule has 1 aliphatic rings. The van der Waals surface area contributed by atoms with Gasteiger partial charge in [-0.15, -0.1) is 0 Å². The molecule has 6 heteroatoms. The van der Waals surface area contributed by atoms with E-state index in [1.165, 1.54) is 7.11 Å². The number of ether oxygens (including phenoxy) is 2. The van der Waals surface area contributed by atoms with Gasteiger partial charge in [-0.3, -0.25) is 0 Å². The van der Waals surface area contributed by atoms with Crippen LogP contribution in [0.2, 0.25) is 0 Å². The molecule has 1 fully saturated rings. The number of nitrogens with two attached hydrogens (primary N) is 1. The van der Waals surface area contributed by atoms with Crippen LogP contribution in [0.1, 0.15) is 6.42 Å². The molecule has 0 saturated carbocycles. The van der Waals surface area contributed by atoms with Crippen molar-refractivity contribution < 1.29 is 24.5 Å². The minimum Gasteiger partial charge on any atom is -0.479 e. The zero-order valence-corrected chi connectivity index (χ0v) is 7.21. The van der Waals surface area contributed by atoms with Crippen molar-refractivity contribution in [1.29, 1.82) is 0 Å². The Bertz CT molecular complexity index is 197. The molecule has 1 saturated heterocycles. The molecule has 4 N–H and O–H groups in total. The lowest BCUT2D eigenvalue weighted by Crippen LogP contribution is -2.54. The van der Waals surface area contributed by atoms with E-state index in [0.717, 1.165) is 0 Å². The van der Waals surface area contributed by atoms with Gasteiger partial charge in [-0.2, -0.15) is 0 Å². The van der Waals surface area contributed by atoms with Crippen LogP contribution < -0.4 is 5.73 Å². The molecule has 0 spiro atoms. The van der Waals surface area contributed by atoms with Crippen LogP contribution in [0.15, 0.2) is 0 Å². The van der Waals surface area contributed by atoms with E-state index in [-0.39, 0.29) is 6.42 Å². The van der Waals surface area contributed by atoms with Gasteiger partial charge in [-0.25, -0.2) is 4.79 Å². The fourth-order valence-corrected chi connectivity index (χ4v) is 1.24. The lowest BCUT2D eigenvalue weighted by molar-refractivity contribution is -0.237. The first kappa shape index (κ1) is 10.4. The number of aliphatic hydroxyl groups is 1. The third-order valence-corrected chi connectivity index (χ3v) is 2.01. The fourth-order valence-electron chi connectivity index (χ4n) is 1.24. The summed E-state index contributed by atoms with van der Waals surface area (Å²) in [5.74, 6) is -1.09. The number of aliphatic carboxylic acids is 1. The van der Waals surface area contributed by atoms with Crippen molar-refractivity contribution in [2.24, 2.45) is 5.73 Å². The second-order valence-corrected chi connectivity index (χ2v) is 2.96. The third-order valence-electron chi connectivity index (χ3n) is 2.01. The van der Waals surface area contributed by atoms with Crippen LogP contribution in [0.5, 0.6) is 0 Å². The summed E-state index contributed by atoms with van der Waals surface area (Å²) in [6.07, 6.45) is -2.83. The predicted molar refractivity (Wildman–Crippen MR) is 41.9 cm³/mol. The molecular weight excluding hydrogens is 178 g/mol. The number of rotatable bonds is 2. The highest BCUT2D eigenvalue weighted by atomic mass is 16.7. The Hall–Kier alpha value is -0.690. The molecule has 0 radical (unpaired) electrons. The van der Waals surface area contributed by atoms with Gasteiger partial charge in [0, 0.05) is 19.6 Å². The molecule has 1 heterocycles. The van der Waals surface area contributed by atoms with Crippen LogP contribution in [-0.4, -0.2) is 47.8 Å². The molecule has 13 heavy (non-hydrogen) atoms. The number of hydrogen-bond acceptors (Lipinski definition) is 5. The lowest BCUT2D eigenvalue weighted by Gasteiger charge is -2.34. The Morgan fingerprint density at radius 3 is 2.77 bits per heavy atom. The molecule has 0 amide bonds. The Morgan fingerprint density at radius 2 is 2.31 bits per heavy atom. The summed E-state index contributed by atoms with van der Waals surface area (Å²) >= 11 is 0. The molecule has 0 unspecified atom stereocenters. The first-order valence-corrected chi connectivity index (χ1v) is 3.91. The number of aliphatic hydroxyl groups excluding tert-OH is 1. The van der Waals surface area contributed by atoms with E-state index in [9.17, 15) is 9.90 Å². The number of hydrogen-bond donors (Lipinski definition) is 3. The van der Waals surface area contributed by atoms with Crippen LogP contribution in [0.25, 0.3) is 0 Å². The van der Waals surface area contributed by atoms with Crippen molar-refractivity contribution in [1.82, 2.24) is 0 Å². The molecule has 76 valence electrons. The number of carbonyl (C=O) groups is 1. The Balaban J connectivity index is 2.63. The number of methoxy groups -OCH3 is 1. The van der Waals surface area contributed by atoms with E-state index < -0.39 is 30.5 Å². The normalized spacial score (nSPS) is 40.2. The smallest absolute Gasteiger partial charge is 0.333 e. The van der Waals surface area contributed by atoms with E-state index >= 15 is 0 Å². The lowest BCUT2D eigenvalue weighted by atomic mass is 10.0. The first-order valence-electron chi connectivity index (χ1n) is 3.91. The van der Waals surface area contributed by atoms with E-state index in [2.05, 4.69) is 0 Å². The first-order chi connectivity index (χ1) is 6.06. The molecule has 0 aromatic rings. The van der Waals surface area contributed by atoms with E-state index in [4.69, 9.17) is 20.3 Å². The highest BCUT2D eigenvalue weighted by Crippen LogP contribution is 2.19. The van der Waals surface area contributed by atoms with E-state index in [0.29, 0.717) is 0 Å². The molecule has 6 nitrogen and oxygen atoms in total. The van der Waals surface area contributed by atoms with Crippen LogP contribution in [0.3, 0.4) is 0 Å². The Morgan fingerprint density at radius 1 is 1.69 bits per heavy atom. The van der Waals surface area contributed by atoms with Gasteiger partial charge in [-0.1, -0.05) is 0 Å². The topological polar surface area (TPSA) is 102 Å². The standard InChI is InChI=1S/C7H13NO5/c1-12-7-5(9)3(8)2-4(13-7)6(10)11/h3-5,7,9H,2,8H2,1H3,(H,10,11)/t3-,4-,5+,7+/m1/s1. The summed E-state index contributed by atoms with van der Waals surface area (Å²) < 4.78 is 9.67. The summed E-state index contributed by atoms with van der Waals surface area (Å²) in [6.45, 7) is 0. The van der Waals surface area contributed by atoms with E-state index in [1.807, 2.05) is 0 Å². The van der Waals surface area contributed by atoms with E-state index in [1.54, 1.807) is 0 Å². The highest BCUT2D eigenvalue weighted by molar-refractivity contribution is 5.72. The molecule has 0 bridgehead atoms. The van der Waals surface area contributed by atoms with Crippen molar-refractivity contribution in [3.8, 4) is 0 Å². The highest BCUT2D eigenvalue weighted by Gasteiger charge is 2.38. The van der Waals surface area contributed by atoms with Crippen molar-refractivity contribution in [3.05, 3.63) is 0 Å². The molecule has 0 aromatic carbocycles. The molecule has 4 atom stereocenters. The molecule has 0 aliphatic carbocycles. The largest absolute Gasteiger partial charge is 0.479 e. The second kappa shape index (κ2) is 4.01. The van der Waals surface area contributed by atoms with Crippen molar-refractivity contribution in [2.75, 3.05) is 7.11 Å². The fraction of sp³-hybridized carbons (Fsp3) is 0.857. The average Bonchev–Trinajstić information content (AvgIpc) is 2.09. The maximum absolute atomic E-state index is 10.6. The van der Waals surface area contributed by atoms with Gasteiger partial charge in [0.2, 0.25) is 0 Å². The molecular formula is C7H13NO5. The van der Waals surface area contributed by atoms with Gasteiger partial charge >= 0.3 is 5.97 Å². The minimum absolute atomic E-state index is 0.0936. The third kappa shape index (κ3) is 2.16. The maximum atomic E-state index is 10.6. The average molecular weight is 191 g/mol. The summed E-state index contributed by atoms with van der Waals surface area (Å²) in [5, 5.41) is 18.0. The molecule has 1 aliphatic heterocycles. The van der Waals surface area contributed by atoms with Crippen LogP contribution in [-0.2, 0) is 14.3 Å². The molecule has 0 aromatic heterocycles. The van der Waals surface area contributed by atoms with Gasteiger partial charge in [0.15, 0.2) is 12.4 Å². The van der Waals surface area contributed by atoms with Gasteiger partial charge in [0.05, 0.1) is 0 Å². The summed E-state index contributed by atoms with van der Waals surface area (Å²) in [4.78, 5) is 10.6. The van der Waals surface area contributed by atoms with Gasteiger partial charge in [0.1, 0.15) is 6.10 Å². The zero-order chi connectivity index (χ0) is 10.0. The number of carboxylic acid groups (broad SMARTS) is 1. The van der Waals surface area contributed by atoms with Crippen molar-refractivity contribution in [2.45, 2.75) is 31.0 Å². The van der Waals surface area contributed by atoms with Crippen LogP contribution in [0.4, 0.5) is 0 Å². The Labute approximate surface area is 75.2 Å². The second-order valence-electron chi connectivity index (χ2n) is 2.96. The molecule has 1 rings (SSSR count). The van der Waals surface area contributed by atoms with Crippen molar-refractivity contribution >= 4 is 5.97 Å². The summed E-state index contributed by atoms with van der Waals surface area (Å²) in [7, 11) is 1.32. The summed E-state index contributed by atoms with van der Waals surface area (Å²) in [6, 6.07) is -0.625. The zero-order valence-electron chi connectivity index (χ0n) is 7.21. The SMILES string of the molecule is CO[C@H]1O[C@@H](C(=O)O)C[C@@H](N)[C@@H]1O. The monoisotopic (exact) mass is 191 g/mol. The minimum atomic E-state index is -1.09. The predicted octanol–water partition coefficient (Wildman–Crippen LogP) is -1.48. The van der Waals surface area contributed by atoms with Gasteiger partial charge in [-0.05, 0) is 0 Å². The number of carboxylic acids is 1. The quantitative estimate of drug-likeness (QED) is 0.492. The van der Waals surface area contributed by atoms with Gasteiger partial charge in [0.25, 0.3) is 0 Å².